The van der Waals surface area contributed by atoms with Crippen LogP contribution in [0.1, 0.15) is 72.6 Å². The van der Waals surface area contributed by atoms with Gasteiger partial charge in [0, 0.05) is 24.2 Å². The van der Waals surface area contributed by atoms with Gasteiger partial charge in [-0.1, -0.05) is 34.1 Å². The zero-order valence-electron chi connectivity index (χ0n) is 15.6. The third-order valence-electron chi connectivity index (χ3n) is 8.22. The minimum absolute atomic E-state index is 0.0269. The fourth-order valence-electron chi connectivity index (χ4n) is 6.80. The van der Waals surface area contributed by atoms with Gasteiger partial charge in [-0.15, -0.1) is 0 Å². The van der Waals surface area contributed by atoms with E-state index in [9.17, 15) is 9.90 Å². The molecular formula is C20H32O4. The van der Waals surface area contributed by atoms with Crippen molar-refractivity contribution in [3.05, 3.63) is 0 Å². The van der Waals surface area contributed by atoms with E-state index in [1.54, 1.807) is 0 Å². The predicted octanol–water partition coefficient (Wildman–Crippen LogP) is 3.45. The van der Waals surface area contributed by atoms with Crippen LogP contribution in [-0.4, -0.2) is 35.0 Å². The molecule has 2 heterocycles. The summed E-state index contributed by atoms with van der Waals surface area (Å²) in [6.07, 6.45) is 5.86. The maximum Gasteiger partial charge on any atom is 0.157 e. The van der Waals surface area contributed by atoms with Crippen molar-refractivity contribution in [3.63, 3.8) is 0 Å². The Kier molecular flexibility index (Phi) is 3.57. The lowest BCUT2D eigenvalue weighted by Gasteiger charge is -2.63. The molecule has 4 aliphatic rings. The van der Waals surface area contributed by atoms with Crippen LogP contribution in [0.3, 0.4) is 0 Å². The lowest BCUT2D eigenvalue weighted by molar-refractivity contribution is -0.239. The molecule has 2 spiro atoms. The fourth-order valence-corrected chi connectivity index (χ4v) is 6.80. The Balaban J connectivity index is 1.76. The number of hydrogen-bond donors (Lipinski definition) is 1. The molecule has 4 heteroatoms. The van der Waals surface area contributed by atoms with E-state index in [0.717, 1.165) is 19.3 Å². The van der Waals surface area contributed by atoms with Crippen molar-refractivity contribution in [1.29, 1.82) is 0 Å². The highest BCUT2D eigenvalue weighted by molar-refractivity contribution is 5.84. The van der Waals surface area contributed by atoms with Crippen molar-refractivity contribution >= 4 is 5.78 Å². The molecule has 0 radical (unpaired) electrons. The van der Waals surface area contributed by atoms with Gasteiger partial charge in [0.1, 0.15) is 5.78 Å². The van der Waals surface area contributed by atoms with E-state index in [-0.39, 0.29) is 22.3 Å². The van der Waals surface area contributed by atoms with Gasteiger partial charge >= 0.3 is 0 Å². The van der Waals surface area contributed by atoms with Crippen molar-refractivity contribution in [3.8, 4) is 0 Å². The molecule has 2 aliphatic carbocycles. The Bertz CT molecular complexity index is 558. The van der Waals surface area contributed by atoms with E-state index in [2.05, 4.69) is 27.7 Å². The maximum atomic E-state index is 12.9. The zero-order valence-corrected chi connectivity index (χ0v) is 15.6. The highest BCUT2D eigenvalue weighted by Gasteiger charge is 2.69. The van der Waals surface area contributed by atoms with Crippen molar-refractivity contribution in [2.24, 2.45) is 22.7 Å². The molecule has 4 fully saturated rings. The van der Waals surface area contributed by atoms with Crippen LogP contribution >= 0.6 is 0 Å². The molecule has 0 bridgehead atoms. The Morgan fingerprint density at radius 1 is 1.12 bits per heavy atom. The molecule has 0 aromatic rings. The molecule has 0 amide bonds. The smallest absolute Gasteiger partial charge is 0.157 e. The molecule has 4 nitrogen and oxygen atoms in total. The van der Waals surface area contributed by atoms with Crippen molar-refractivity contribution in [2.75, 3.05) is 6.61 Å². The second kappa shape index (κ2) is 5.05. The topological polar surface area (TPSA) is 55.8 Å². The molecular weight excluding hydrogens is 304 g/mol. The zero-order chi connectivity index (χ0) is 17.4. The summed E-state index contributed by atoms with van der Waals surface area (Å²) in [5, 5.41) is 9.87. The predicted molar refractivity (Wildman–Crippen MR) is 90.4 cm³/mol. The molecule has 24 heavy (non-hydrogen) atoms. The average Bonchev–Trinajstić information content (AvgIpc) is 3.05. The molecule has 4 rings (SSSR count). The van der Waals surface area contributed by atoms with Gasteiger partial charge in [0.25, 0.3) is 0 Å². The number of aliphatic hydroxyl groups is 1. The Hall–Kier alpha value is -0.450. The molecule has 2 saturated heterocycles. The lowest BCUT2D eigenvalue weighted by Crippen LogP contribution is -2.65. The van der Waals surface area contributed by atoms with Crippen LogP contribution in [0.2, 0.25) is 0 Å². The first kappa shape index (κ1) is 17.0. The standard InChI is InChI=1S/C20H32O4/c1-13-14(21)10-15-17(2,3)6-5-7-18(15,4)20(13)9-8-19(24-20)11-16(22)23-12-19/h13,15-16,22H,5-12H2,1-4H3/t13-,15+,16-,18+,19-,20-/m1/s1. The average molecular weight is 336 g/mol. The van der Waals surface area contributed by atoms with Crippen LogP contribution in [0.25, 0.3) is 0 Å². The molecule has 0 aromatic heterocycles. The number of fused-ring (bicyclic) bond motifs is 2. The minimum Gasteiger partial charge on any atom is -0.368 e. The van der Waals surface area contributed by atoms with Crippen molar-refractivity contribution < 1.29 is 19.4 Å². The number of aliphatic hydroxyl groups excluding tert-OH is 1. The number of ketones is 1. The van der Waals surface area contributed by atoms with Crippen LogP contribution in [0, 0.1) is 22.7 Å². The van der Waals surface area contributed by atoms with Gasteiger partial charge in [-0.05, 0) is 37.0 Å². The lowest BCUT2D eigenvalue weighted by atomic mass is 9.44. The fraction of sp³-hybridized carbons (Fsp3) is 0.950. The van der Waals surface area contributed by atoms with Crippen LogP contribution in [0.4, 0.5) is 0 Å². The number of rotatable bonds is 0. The maximum absolute atomic E-state index is 12.9. The van der Waals surface area contributed by atoms with Gasteiger partial charge in [-0.3, -0.25) is 4.79 Å². The molecule has 136 valence electrons. The van der Waals surface area contributed by atoms with Crippen LogP contribution in [0.5, 0.6) is 0 Å². The van der Waals surface area contributed by atoms with Crippen LogP contribution in [-0.2, 0) is 14.3 Å². The van der Waals surface area contributed by atoms with E-state index < -0.39 is 11.9 Å². The number of Topliss-reactive ketones (excluding diaryl/α,β-unsaturated/α-hetero) is 1. The summed E-state index contributed by atoms with van der Waals surface area (Å²) in [5.41, 5.74) is -0.571. The minimum atomic E-state index is -0.721. The van der Waals surface area contributed by atoms with Crippen molar-refractivity contribution in [1.82, 2.24) is 0 Å². The Morgan fingerprint density at radius 3 is 2.54 bits per heavy atom. The van der Waals surface area contributed by atoms with Gasteiger partial charge in [0.2, 0.25) is 0 Å². The van der Waals surface area contributed by atoms with E-state index >= 15 is 0 Å². The number of hydrogen-bond acceptors (Lipinski definition) is 4. The van der Waals surface area contributed by atoms with Crippen molar-refractivity contribution in [2.45, 2.75) is 90.1 Å². The summed E-state index contributed by atoms with van der Waals surface area (Å²) in [6, 6.07) is 0. The van der Waals surface area contributed by atoms with Gasteiger partial charge in [0.05, 0.1) is 17.8 Å². The van der Waals surface area contributed by atoms with Gasteiger partial charge < -0.3 is 14.6 Å². The first-order chi connectivity index (χ1) is 11.1. The Morgan fingerprint density at radius 2 is 1.88 bits per heavy atom. The molecule has 1 N–H and O–H groups in total. The first-order valence-electron chi connectivity index (χ1n) is 9.67. The van der Waals surface area contributed by atoms with Gasteiger partial charge in [0.15, 0.2) is 6.29 Å². The molecule has 0 unspecified atom stereocenters. The van der Waals surface area contributed by atoms with E-state index in [1.807, 2.05) is 0 Å². The summed E-state index contributed by atoms with van der Waals surface area (Å²) in [4.78, 5) is 12.9. The molecule has 0 aromatic carbocycles. The monoisotopic (exact) mass is 336 g/mol. The Labute approximate surface area is 145 Å². The molecule has 2 aliphatic heterocycles. The SMILES string of the molecule is C[C@@H]1C(=O)C[C@H]2C(C)(C)CCC[C@]2(C)[C@@]12CC[C@@]1(CO[C@@H](O)C1)O2. The number of carbonyl (C=O) groups excluding carboxylic acids is 1. The third kappa shape index (κ3) is 2.05. The highest BCUT2D eigenvalue weighted by atomic mass is 16.6. The summed E-state index contributed by atoms with van der Waals surface area (Å²) in [6.45, 7) is 9.59. The highest BCUT2D eigenvalue weighted by Crippen LogP contribution is 2.67. The molecule has 2 saturated carbocycles. The van der Waals surface area contributed by atoms with Gasteiger partial charge in [-0.25, -0.2) is 0 Å². The van der Waals surface area contributed by atoms with E-state index in [4.69, 9.17) is 9.47 Å². The largest absolute Gasteiger partial charge is 0.368 e. The quantitative estimate of drug-likeness (QED) is 0.736. The summed E-state index contributed by atoms with van der Waals surface area (Å²) >= 11 is 0. The number of ether oxygens (including phenoxy) is 2. The first-order valence-corrected chi connectivity index (χ1v) is 9.67. The third-order valence-corrected chi connectivity index (χ3v) is 8.22. The van der Waals surface area contributed by atoms with Crippen LogP contribution < -0.4 is 0 Å². The summed E-state index contributed by atoms with van der Waals surface area (Å²) in [5.74, 6) is 0.679. The normalized spacial score (nSPS) is 53.7. The molecule has 6 atom stereocenters. The number of carbonyl (C=O) groups is 1. The van der Waals surface area contributed by atoms with Gasteiger partial charge in [-0.2, -0.15) is 0 Å². The summed E-state index contributed by atoms with van der Waals surface area (Å²) < 4.78 is 12.3. The van der Waals surface area contributed by atoms with E-state index in [1.165, 1.54) is 12.8 Å². The van der Waals surface area contributed by atoms with E-state index in [0.29, 0.717) is 31.1 Å². The second-order valence-electron chi connectivity index (χ2n) is 9.85. The summed E-state index contributed by atoms with van der Waals surface area (Å²) in [7, 11) is 0. The second-order valence-corrected chi connectivity index (χ2v) is 9.85. The van der Waals surface area contributed by atoms with Crippen LogP contribution in [0.15, 0.2) is 0 Å².